The van der Waals surface area contributed by atoms with E-state index in [2.05, 4.69) is 11.9 Å². The van der Waals surface area contributed by atoms with Gasteiger partial charge in [-0.05, 0) is 41.8 Å². The maximum absolute atomic E-state index is 12.9. The summed E-state index contributed by atoms with van der Waals surface area (Å²) in [5, 5.41) is 12.3. The van der Waals surface area contributed by atoms with Crippen LogP contribution in [0, 0.1) is 0 Å². The summed E-state index contributed by atoms with van der Waals surface area (Å²) >= 11 is 0. The Balaban J connectivity index is 1.91. The van der Waals surface area contributed by atoms with E-state index < -0.39 is 17.9 Å². The third-order valence-corrected chi connectivity index (χ3v) is 4.75. The van der Waals surface area contributed by atoms with Crippen LogP contribution in [0.2, 0.25) is 0 Å². The molecule has 2 aromatic carbocycles. The number of carboxylic acid groups (broad SMARTS) is 1. The minimum absolute atomic E-state index is 0.273. The third kappa shape index (κ3) is 4.18. The van der Waals surface area contributed by atoms with Crippen LogP contribution in [0.4, 0.5) is 0 Å². The predicted octanol–water partition coefficient (Wildman–Crippen LogP) is 2.92. The van der Waals surface area contributed by atoms with Crippen molar-refractivity contribution in [2.45, 2.75) is 18.9 Å². The Labute approximate surface area is 168 Å². The molecule has 2 aromatic rings. The van der Waals surface area contributed by atoms with E-state index in [0.717, 1.165) is 11.3 Å². The first kappa shape index (κ1) is 20.3. The van der Waals surface area contributed by atoms with E-state index in [-0.39, 0.29) is 5.56 Å². The van der Waals surface area contributed by atoms with E-state index in [1.165, 1.54) is 20.3 Å². The van der Waals surface area contributed by atoms with Crippen LogP contribution in [0.5, 0.6) is 17.2 Å². The van der Waals surface area contributed by atoms with Gasteiger partial charge in [0.2, 0.25) is 0 Å². The Morgan fingerprint density at radius 1 is 1.28 bits per heavy atom. The minimum atomic E-state index is -1.19. The van der Waals surface area contributed by atoms with Crippen LogP contribution in [0.3, 0.4) is 0 Å². The standard InChI is InChI=1S/C22H23NO6/c1-4-5-15-11-16(12-18(27-2)20(15)28-3)21(24)23-19(22(25)26)14-6-7-17-13(10-14)8-9-29-17/h4,6-7,10-12,19H,1,5,8-9H2,2-3H3,(H,23,24)(H,25,26). The van der Waals surface area contributed by atoms with Gasteiger partial charge in [-0.1, -0.05) is 12.1 Å². The van der Waals surface area contributed by atoms with Gasteiger partial charge in [-0.25, -0.2) is 4.79 Å². The lowest BCUT2D eigenvalue weighted by atomic mass is 10.0. The zero-order chi connectivity index (χ0) is 21.0. The van der Waals surface area contributed by atoms with E-state index in [1.54, 1.807) is 30.3 Å². The molecule has 1 unspecified atom stereocenters. The molecule has 152 valence electrons. The van der Waals surface area contributed by atoms with E-state index in [9.17, 15) is 14.7 Å². The predicted molar refractivity (Wildman–Crippen MR) is 107 cm³/mol. The molecule has 1 amide bonds. The number of amides is 1. The zero-order valence-corrected chi connectivity index (χ0v) is 16.4. The molecule has 0 spiro atoms. The number of benzene rings is 2. The fraction of sp³-hybridized carbons (Fsp3) is 0.273. The van der Waals surface area contributed by atoms with Crippen molar-refractivity contribution in [3.05, 3.63) is 65.2 Å². The summed E-state index contributed by atoms with van der Waals surface area (Å²) in [6, 6.07) is 7.13. The van der Waals surface area contributed by atoms with Gasteiger partial charge < -0.3 is 24.6 Å². The van der Waals surface area contributed by atoms with Crippen molar-refractivity contribution < 1.29 is 28.9 Å². The van der Waals surface area contributed by atoms with Crippen LogP contribution < -0.4 is 19.5 Å². The molecule has 0 fully saturated rings. The molecule has 1 aliphatic rings. The number of hydrogen-bond donors (Lipinski definition) is 2. The lowest BCUT2D eigenvalue weighted by Crippen LogP contribution is -2.33. The number of ether oxygens (including phenoxy) is 3. The molecule has 1 atom stereocenters. The molecule has 0 bridgehead atoms. The monoisotopic (exact) mass is 397 g/mol. The molecule has 0 aromatic heterocycles. The summed E-state index contributed by atoms with van der Waals surface area (Å²) in [5.41, 5.74) is 2.41. The highest BCUT2D eigenvalue weighted by atomic mass is 16.5. The first-order valence-corrected chi connectivity index (χ1v) is 9.13. The SMILES string of the molecule is C=CCc1cc(C(=O)NC(C(=O)O)c2ccc3c(c2)CCO3)cc(OC)c1OC. The summed E-state index contributed by atoms with van der Waals surface area (Å²) in [4.78, 5) is 24.7. The number of nitrogens with one attached hydrogen (secondary N) is 1. The van der Waals surface area contributed by atoms with Gasteiger partial charge in [0.05, 0.1) is 20.8 Å². The topological polar surface area (TPSA) is 94.1 Å². The van der Waals surface area contributed by atoms with Gasteiger partial charge in [0.25, 0.3) is 5.91 Å². The normalized spacial score (nSPS) is 13.0. The van der Waals surface area contributed by atoms with Gasteiger partial charge in [0.15, 0.2) is 17.5 Å². The van der Waals surface area contributed by atoms with Crippen molar-refractivity contribution in [3.8, 4) is 17.2 Å². The Hall–Kier alpha value is -3.48. The fourth-order valence-electron chi connectivity index (χ4n) is 3.37. The highest BCUT2D eigenvalue weighted by Crippen LogP contribution is 2.34. The van der Waals surface area contributed by atoms with E-state index >= 15 is 0 Å². The molecular formula is C22H23NO6. The van der Waals surface area contributed by atoms with Crippen LogP contribution in [-0.2, 0) is 17.6 Å². The summed E-state index contributed by atoms with van der Waals surface area (Å²) in [5.74, 6) is -0.0292. The highest BCUT2D eigenvalue weighted by Gasteiger charge is 2.26. The second-order valence-corrected chi connectivity index (χ2v) is 6.57. The molecule has 1 aliphatic heterocycles. The Morgan fingerprint density at radius 2 is 2.07 bits per heavy atom. The quantitative estimate of drug-likeness (QED) is 0.665. The van der Waals surface area contributed by atoms with E-state index in [1.807, 2.05) is 0 Å². The molecule has 3 rings (SSSR count). The largest absolute Gasteiger partial charge is 0.493 e. The second-order valence-electron chi connectivity index (χ2n) is 6.57. The average molecular weight is 397 g/mol. The van der Waals surface area contributed by atoms with Gasteiger partial charge in [0.1, 0.15) is 5.75 Å². The fourth-order valence-corrected chi connectivity index (χ4v) is 3.37. The minimum Gasteiger partial charge on any atom is -0.493 e. The number of hydrogen-bond acceptors (Lipinski definition) is 5. The lowest BCUT2D eigenvalue weighted by molar-refractivity contribution is -0.139. The van der Waals surface area contributed by atoms with Gasteiger partial charge in [-0.3, -0.25) is 4.79 Å². The van der Waals surface area contributed by atoms with Crippen molar-refractivity contribution in [2.24, 2.45) is 0 Å². The van der Waals surface area contributed by atoms with E-state index in [0.29, 0.717) is 42.1 Å². The Morgan fingerprint density at radius 3 is 2.72 bits per heavy atom. The maximum Gasteiger partial charge on any atom is 0.330 e. The number of allylic oxidation sites excluding steroid dienone is 1. The van der Waals surface area contributed by atoms with Crippen molar-refractivity contribution in [3.63, 3.8) is 0 Å². The first-order chi connectivity index (χ1) is 14.0. The molecular weight excluding hydrogens is 374 g/mol. The highest BCUT2D eigenvalue weighted by molar-refractivity contribution is 5.97. The Bertz CT molecular complexity index is 953. The van der Waals surface area contributed by atoms with Gasteiger partial charge in [-0.15, -0.1) is 6.58 Å². The molecule has 0 radical (unpaired) electrons. The van der Waals surface area contributed by atoms with Crippen LogP contribution in [0.25, 0.3) is 0 Å². The number of rotatable bonds is 8. The van der Waals surface area contributed by atoms with Crippen LogP contribution in [0.1, 0.15) is 33.1 Å². The number of carbonyl (C=O) groups excluding carboxylic acids is 1. The number of aliphatic carboxylic acids is 1. The third-order valence-electron chi connectivity index (χ3n) is 4.75. The number of methoxy groups -OCH3 is 2. The van der Waals surface area contributed by atoms with Crippen molar-refractivity contribution >= 4 is 11.9 Å². The average Bonchev–Trinajstić information content (AvgIpc) is 3.18. The van der Waals surface area contributed by atoms with Gasteiger partial charge in [0, 0.05) is 17.5 Å². The zero-order valence-electron chi connectivity index (χ0n) is 16.4. The molecule has 0 saturated heterocycles. The van der Waals surface area contributed by atoms with Crippen LogP contribution in [-0.4, -0.2) is 37.8 Å². The van der Waals surface area contributed by atoms with Crippen LogP contribution in [0.15, 0.2) is 43.0 Å². The second kappa shape index (κ2) is 8.68. The molecule has 1 heterocycles. The molecule has 0 saturated carbocycles. The smallest absolute Gasteiger partial charge is 0.330 e. The number of carboxylic acids is 1. The van der Waals surface area contributed by atoms with E-state index in [4.69, 9.17) is 14.2 Å². The molecule has 0 aliphatic carbocycles. The summed E-state index contributed by atoms with van der Waals surface area (Å²) in [7, 11) is 2.99. The first-order valence-electron chi connectivity index (χ1n) is 9.13. The molecule has 29 heavy (non-hydrogen) atoms. The summed E-state index contributed by atoms with van der Waals surface area (Å²) in [6.45, 7) is 4.29. The van der Waals surface area contributed by atoms with Gasteiger partial charge >= 0.3 is 5.97 Å². The summed E-state index contributed by atoms with van der Waals surface area (Å²) < 4.78 is 16.2. The van der Waals surface area contributed by atoms with Crippen molar-refractivity contribution in [1.29, 1.82) is 0 Å². The number of carbonyl (C=O) groups is 2. The molecule has 7 nitrogen and oxygen atoms in total. The molecule has 7 heteroatoms. The van der Waals surface area contributed by atoms with Crippen LogP contribution >= 0.6 is 0 Å². The maximum atomic E-state index is 12.9. The molecule has 2 N–H and O–H groups in total. The van der Waals surface area contributed by atoms with Gasteiger partial charge in [-0.2, -0.15) is 0 Å². The number of fused-ring (bicyclic) bond motifs is 1. The summed E-state index contributed by atoms with van der Waals surface area (Å²) in [6.07, 6.45) is 2.86. The van der Waals surface area contributed by atoms with Crippen molar-refractivity contribution in [2.75, 3.05) is 20.8 Å². The lowest BCUT2D eigenvalue weighted by Gasteiger charge is -2.18. The van der Waals surface area contributed by atoms with Crippen molar-refractivity contribution in [1.82, 2.24) is 5.32 Å². The Kier molecular flexibility index (Phi) is 6.07.